The first kappa shape index (κ1) is 28.6. The number of hydrogen-bond donors (Lipinski definition) is 1. The van der Waals surface area contributed by atoms with E-state index in [0.717, 1.165) is 0 Å². The summed E-state index contributed by atoms with van der Waals surface area (Å²) in [7, 11) is 4.47. The zero-order valence-electron chi connectivity index (χ0n) is 22.3. The zero-order chi connectivity index (χ0) is 27.9. The summed E-state index contributed by atoms with van der Waals surface area (Å²) in [6.07, 6.45) is 0. The summed E-state index contributed by atoms with van der Waals surface area (Å²) in [4.78, 5) is 29.1. The van der Waals surface area contributed by atoms with Crippen molar-refractivity contribution in [3.8, 4) is 29.1 Å². The van der Waals surface area contributed by atoms with Gasteiger partial charge in [-0.1, -0.05) is 58.2 Å². The lowest BCUT2D eigenvalue weighted by atomic mass is 10.0. The molecule has 3 rings (SSSR count). The van der Waals surface area contributed by atoms with E-state index in [1.807, 2.05) is 69.3 Å². The van der Waals surface area contributed by atoms with Gasteiger partial charge in [-0.25, -0.2) is 0 Å². The highest BCUT2D eigenvalue weighted by atomic mass is 79.9. The van der Waals surface area contributed by atoms with Crippen molar-refractivity contribution in [2.75, 3.05) is 26.2 Å². The topological polar surface area (TPSA) is 77.1 Å². The monoisotopic (exact) mass is 578 g/mol. The Kier molecular flexibility index (Phi) is 9.43. The van der Waals surface area contributed by atoms with Crippen molar-refractivity contribution in [3.05, 3.63) is 82.3 Å². The number of benzene rings is 3. The molecule has 0 saturated carbocycles. The molecule has 7 nitrogen and oxygen atoms in total. The van der Waals surface area contributed by atoms with Gasteiger partial charge in [0.25, 0.3) is 0 Å². The molecule has 0 aliphatic rings. The number of amides is 2. The van der Waals surface area contributed by atoms with Crippen LogP contribution >= 0.6 is 15.9 Å². The molecule has 198 valence electrons. The number of nitrogens with zero attached hydrogens (tertiary/aromatic N) is 1. The number of anilines is 1. The van der Waals surface area contributed by atoms with Crippen molar-refractivity contribution in [1.82, 2.24) is 5.32 Å². The minimum Gasteiger partial charge on any atom is -0.493 e. The minimum atomic E-state index is -1.08. The number of halogens is 1. The Labute approximate surface area is 232 Å². The van der Waals surface area contributed by atoms with Crippen LogP contribution in [0, 0.1) is 11.8 Å². The van der Waals surface area contributed by atoms with Gasteiger partial charge in [0.05, 0.1) is 27.0 Å². The molecule has 0 heterocycles. The summed E-state index contributed by atoms with van der Waals surface area (Å²) in [6, 6.07) is 18.6. The maximum atomic E-state index is 13.9. The molecule has 0 saturated heterocycles. The Morgan fingerprint density at radius 3 is 2.00 bits per heavy atom. The third-order valence-electron chi connectivity index (χ3n) is 5.44. The Hall–Kier alpha value is -3.96. The molecule has 0 fully saturated rings. The van der Waals surface area contributed by atoms with E-state index in [4.69, 9.17) is 14.2 Å². The van der Waals surface area contributed by atoms with Gasteiger partial charge in [0.1, 0.15) is 6.04 Å². The summed E-state index contributed by atoms with van der Waals surface area (Å²) in [6.45, 7) is 5.63. The number of carbonyl (C=O) groups is 2. The van der Waals surface area contributed by atoms with E-state index < -0.39 is 17.5 Å². The first-order valence-corrected chi connectivity index (χ1v) is 12.7. The van der Waals surface area contributed by atoms with Crippen molar-refractivity contribution in [3.63, 3.8) is 0 Å². The number of nitrogens with one attached hydrogen (secondary N) is 1. The standard InChI is InChI=1S/C30H31BrN2O5/c1-30(2,3)32-29(35)27(22-14-10-11-15-23(22)31)33(26(34)17-16-20-12-8-7-9-13-20)21-18-24(36-4)28(38-6)25(19-21)37-5/h7-15,18-19,27H,1-6H3,(H,32,35). The fourth-order valence-electron chi connectivity index (χ4n) is 3.83. The maximum Gasteiger partial charge on any atom is 0.304 e. The number of hydrogen-bond acceptors (Lipinski definition) is 5. The van der Waals surface area contributed by atoms with Gasteiger partial charge < -0.3 is 19.5 Å². The number of methoxy groups -OCH3 is 3. The van der Waals surface area contributed by atoms with Gasteiger partial charge in [0.15, 0.2) is 11.5 Å². The SMILES string of the molecule is COc1cc(N(C(=O)C#Cc2ccccc2)C(C(=O)NC(C)(C)C)c2ccccc2Br)cc(OC)c1OC. The van der Waals surface area contributed by atoms with Crippen LogP contribution in [0.2, 0.25) is 0 Å². The fraction of sp³-hybridized carbons (Fsp3) is 0.267. The molecule has 3 aromatic rings. The molecule has 1 atom stereocenters. The van der Waals surface area contributed by atoms with Crippen molar-refractivity contribution < 1.29 is 23.8 Å². The smallest absolute Gasteiger partial charge is 0.304 e. The van der Waals surface area contributed by atoms with E-state index in [-0.39, 0.29) is 5.91 Å². The van der Waals surface area contributed by atoms with Gasteiger partial charge in [-0.2, -0.15) is 0 Å². The lowest BCUT2D eigenvalue weighted by molar-refractivity contribution is -0.126. The summed E-state index contributed by atoms with van der Waals surface area (Å²) in [5.41, 5.74) is 1.04. The second kappa shape index (κ2) is 12.5. The minimum absolute atomic E-state index is 0.331. The molecule has 1 unspecified atom stereocenters. The largest absolute Gasteiger partial charge is 0.493 e. The molecule has 1 N–H and O–H groups in total. The van der Waals surface area contributed by atoms with E-state index in [1.54, 1.807) is 18.2 Å². The predicted octanol–water partition coefficient (Wildman–Crippen LogP) is 5.52. The van der Waals surface area contributed by atoms with Gasteiger partial charge in [0.2, 0.25) is 11.7 Å². The normalized spacial score (nSPS) is 11.4. The Morgan fingerprint density at radius 1 is 0.895 bits per heavy atom. The quantitative estimate of drug-likeness (QED) is 0.374. The summed E-state index contributed by atoms with van der Waals surface area (Å²) >= 11 is 3.57. The molecule has 0 bridgehead atoms. The maximum absolute atomic E-state index is 13.9. The molecule has 8 heteroatoms. The zero-order valence-corrected chi connectivity index (χ0v) is 23.9. The van der Waals surface area contributed by atoms with E-state index in [9.17, 15) is 9.59 Å². The van der Waals surface area contributed by atoms with Crippen LogP contribution in [-0.2, 0) is 9.59 Å². The van der Waals surface area contributed by atoms with Crippen molar-refractivity contribution in [2.24, 2.45) is 0 Å². The molecule has 0 aliphatic carbocycles. The summed E-state index contributed by atoms with van der Waals surface area (Å²) < 4.78 is 17.2. The highest BCUT2D eigenvalue weighted by molar-refractivity contribution is 9.10. The van der Waals surface area contributed by atoms with E-state index >= 15 is 0 Å². The van der Waals surface area contributed by atoms with E-state index in [2.05, 4.69) is 33.1 Å². The van der Waals surface area contributed by atoms with Crippen LogP contribution in [0.3, 0.4) is 0 Å². The number of rotatable bonds is 7. The molecule has 3 aromatic carbocycles. The van der Waals surface area contributed by atoms with Crippen LogP contribution in [0.5, 0.6) is 17.2 Å². The molecular weight excluding hydrogens is 548 g/mol. The van der Waals surface area contributed by atoms with Crippen molar-refractivity contribution in [2.45, 2.75) is 32.4 Å². The molecule has 0 radical (unpaired) electrons. The lowest BCUT2D eigenvalue weighted by Gasteiger charge is -2.33. The van der Waals surface area contributed by atoms with Gasteiger partial charge in [-0.3, -0.25) is 14.5 Å². The Morgan fingerprint density at radius 2 is 1.47 bits per heavy atom. The molecule has 2 amide bonds. The fourth-order valence-corrected chi connectivity index (χ4v) is 4.33. The number of carbonyl (C=O) groups excluding carboxylic acids is 2. The van der Waals surface area contributed by atoms with Crippen molar-refractivity contribution in [1.29, 1.82) is 0 Å². The second-order valence-corrected chi connectivity index (χ2v) is 10.2. The first-order valence-electron chi connectivity index (χ1n) is 11.9. The van der Waals surface area contributed by atoms with Gasteiger partial charge in [0, 0.05) is 33.6 Å². The molecule has 38 heavy (non-hydrogen) atoms. The van der Waals surface area contributed by atoms with E-state index in [1.165, 1.54) is 26.2 Å². The van der Waals surface area contributed by atoms with Gasteiger partial charge in [-0.05, 0) is 44.5 Å². The van der Waals surface area contributed by atoms with Crippen LogP contribution in [0.4, 0.5) is 5.69 Å². The average Bonchev–Trinajstić information content (AvgIpc) is 2.89. The Bertz CT molecular complexity index is 1330. The van der Waals surface area contributed by atoms with Gasteiger partial charge >= 0.3 is 5.91 Å². The third kappa shape index (κ3) is 6.87. The van der Waals surface area contributed by atoms with Gasteiger partial charge in [-0.15, -0.1) is 0 Å². The van der Waals surface area contributed by atoms with E-state index in [0.29, 0.717) is 38.5 Å². The highest BCUT2D eigenvalue weighted by Gasteiger charge is 2.36. The molecule has 0 aromatic heterocycles. The summed E-state index contributed by atoms with van der Waals surface area (Å²) in [5.74, 6) is 5.68. The molecule has 0 spiro atoms. The van der Waals surface area contributed by atoms with Crippen LogP contribution in [0.25, 0.3) is 0 Å². The third-order valence-corrected chi connectivity index (χ3v) is 6.16. The van der Waals surface area contributed by atoms with Crippen LogP contribution in [0.15, 0.2) is 71.2 Å². The Balaban J connectivity index is 2.30. The van der Waals surface area contributed by atoms with Crippen LogP contribution < -0.4 is 24.4 Å². The number of ether oxygens (including phenoxy) is 3. The first-order chi connectivity index (χ1) is 18.1. The summed E-state index contributed by atoms with van der Waals surface area (Å²) in [5, 5.41) is 3.01. The second-order valence-electron chi connectivity index (χ2n) is 9.34. The average molecular weight is 579 g/mol. The van der Waals surface area contributed by atoms with Crippen molar-refractivity contribution >= 4 is 33.4 Å². The van der Waals surface area contributed by atoms with Crippen LogP contribution in [-0.4, -0.2) is 38.7 Å². The predicted molar refractivity (Wildman–Crippen MR) is 152 cm³/mol. The lowest BCUT2D eigenvalue weighted by Crippen LogP contribution is -2.49. The van der Waals surface area contributed by atoms with Crippen LogP contribution in [0.1, 0.15) is 37.9 Å². The molecule has 0 aliphatic heterocycles. The molecular formula is C30H31BrN2O5. The highest BCUT2D eigenvalue weighted by Crippen LogP contribution is 2.43.